The maximum atomic E-state index is 12.7. The van der Waals surface area contributed by atoms with Crippen molar-refractivity contribution in [3.8, 4) is 0 Å². The molecular weight excluding hydrogens is 413 g/mol. The summed E-state index contributed by atoms with van der Waals surface area (Å²) in [6.07, 6.45) is -3.69. The van der Waals surface area contributed by atoms with E-state index in [-0.39, 0.29) is 24.8 Å². The number of hydrogen-bond donors (Lipinski definition) is 1. The highest BCUT2D eigenvalue weighted by molar-refractivity contribution is 6.06. The summed E-state index contributed by atoms with van der Waals surface area (Å²) in [6, 6.07) is 4.71. The van der Waals surface area contributed by atoms with E-state index in [0.29, 0.717) is 39.1 Å². The van der Waals surface area contributed by atoms with Crippen LogP contribution in [0.3, 0.4) is 0 Å². The lowest BCUT2D eigenvalue weighted by Crippen LogP contribution is -2.48. The van der Waals surface area contributed by atoms with Crippen LogP contribution < -0.4 is 5.32 Å². The van der Waals surface area contributed by atoms with E-state index in [1.807, 2.05) is 0 Å². The Kier molecular flexibility index (Phi) is 6.59. The van der Waals surface area contributed by atoms with Gasteiger partial charge in [-0.05, 0) is 38.0 Å². The minimum absolute atomic E-state index is 0.0273. The number of amides is 4. The van der Waals surface area contributed by atoms with Crippen molar-refractivity contribution in [1.82, 2.24) is 20.0 Å². The topological polar surface area (TPSA) is 73.0 Å². The number of nitrogens with zero attached hydrogens (tertiary/aromatic N) is 3. The van der Waals surface area contributed by atoms with Crippen molar-refractivity contribution in [3.05, 3.63) is 35.4 Å². The van der Waals surface area contributed by atoms with Crippen LogP contribution in [0.2, 0.25) is 0 Å². The van der Waals surface area contributed by atoms with Crippen molar-refractivity contribution < 1.29 is 27.6 Å². The monoisotopic (exact) mass is 440 g/mol. The number of halogens is 3. The first-order valence-corrected chi connectivity index (χ1v) is 10.3. The molecule has 1 N–H and O–H groups in total. The second kappa shape index (κ2) is 8.86. The normalized spacial score (nSPS) is 19.6. The van der Waals surface area contributed by atoms with E-state index in [1.165, 1.54) is 12.1 Å². The first kappa shape index (κ1) is 23.1. The van der Waals surface area contributed by atoms with E-state index >= 15 is 0 Å². The van der Waals surface area contributed by atoms with Crippen molar-refractivity contribution >= 4 is 17.8 Å². The lowest BCUT2D eigenvalue weighted by atomic mass is 10.1. The molecule has 0 atom stereocenters. The molecule has 10 heteroatoms. The Balaban J connectivity index is 1.40. The molecule has 3 rings (SSSR count). The molecule has 1 aromatic rings. The molecular formula is C21H27F3N4O3. The molecule has 0 unspecified atom stereocenters. The highest BCUT2D eigenvalue weighted by atomic mass is 19.4. The van der Waals surface area contributed by atoms with E-state index in [9.17, 15) is 27.6 Å². The van der Waals surface area contributed by atoms with Crippen LogP contribution in [-0.2, 0) is 22.3 Å². The van der Waals surface area contributed by atoms with Gasteiger partial charge in [-0.2, -0.15) is 13.2 Å². The maximum absolute atomic E-state index is 12.7. The molecule has 0 bridgehead atoms. The number of hydrogen-bond acceptors (Lipinski definition) is 4. The van der Waals surface area contributed by atoms with Crippen LogP contribution in [-0.4, -0.2) is 70.8 Å². The molecule has 7 nitrogen and oxygen atoms in total. The Bertz CT molecular complexity index is 831. The number of urea groups is 1. The summed E-state index contributed by atoms with van der Waals surface area (Å²) < 4.78 is 38.0. The van der Waals surface area contributed by atoms with Crippen LogP contribution in [0.25, 0.3) is 0 Å². The van der Waals surface area contributed by atoms with E-state index in [2.05, 4.69) is 10.2 Å². The van der Waals surface area contributed by atoms with Gasteiger partial charge in [0.2, 0.25) is 5.91 Å². The Hall–Kier alpha value is -2.62. The summed E-state index contributed by atoms with van der Waals surface area (Å²) in [6.45, 7) is 6.36. The third-order valence-corrected chi connectivity index (χ3v) is 5.63. The Morgan fingerprint density at radius 3 is 2.19 bits per heavy atom. The Morgan fingerprint density at radius 2 is 1.68 bits per heavy atom. The summed E-state index contributed by atoms with van der Waals surface area (Å²) in [7, 11) is 0. The van der Waals surface area contributed by atoms with Crippen molar-refractivity contribution in [2.45, 2.75) is 44.9 Å². The Morgan fingerprint density at radius 1 is 1.06 bits per heavy atom. The quantitative estimate of drug-likeness (QED) is 0.690. The number of benzene rings is 1. The molecule has 2 aliphatic rings. The first-order valence-electron chi connectivity index (χ1n) is 10.3. The lowest BCUT2D eigenvalue weighted by molar-refractivity contribution is -0.137. The van der Waals surface area contributed by atoms with Crippen molar-refractivity contribution in [2.75, 3.05) is 32.7 Å². The number of piperazine rings is 1. The van der Waals surface area contributed by atoms with Crippen LogP contribution in [0.15, 0.2) is 24.3 Å². The first-order chi connectivity index (χ1) is 14.5. The van der Waals surface area contributed by atoms with Gasteiger partial charge in [0.15, 0.2) is 0 Å². The van der Waals surface area contributed by atoms with Gasteiger partial charge in [-0.25, -0.2) is 4.79 Å². The fourth-order valence-corrected chi connectivity index (χ4v) is 3.78. The van der Waals surface area contributed by atoms with E-state index in [0.717, 1.165) is 22.6 Å². The molecule has 31 heavy (non-hydrogen) atoms. The highest BCUT2D eigenvalue weighted by Gasteiger charge is 2.43. The van der Waals surface area contributed by atoms with Crippen molar-refractivity contribution in [2.24, 2.45) is 0 Å². The van der Waals surface area contributed by atoms with Gasteiger partial charge in [0.1, 0.15) is 5.54 Å². The molecule has 0 aliphatic carbocycles. The summed E-state index contributed by atoms with van der Waals surface area (Å²) >= 11 is 0. The molecule has 0 radical (unpaired) electrons. The number of carbonyl (C=O) groups excluding carboxylic acids is 3. The third-order valence-electron chi connectivity index (χ3n) is 5.63. The smallest absolute Gasteiger partial charge is 0.340 e. The largest absolute Gasteiger partial charge is 0.416 e. The van der Waals surface area contributed by atoms with Crippen LogP contribution >= 0.6 is 0 Å². The zero-order valence-corrected chi connectivity index (χ0v) is 17.7. The lowest BCUT2D eigenvalue weighted by Gasteiger charge is -2.35. The second-order valence-electron chi connectivity index (χ2n) is 8.47. The molecule has 2 aliphatic heterocycles. The number of carbonyl (C=O) groups is 3. The van der Waals surface area contributed by atoms with Crippen LogP contribution in [0, 0.1) is 0 Å². The van der Waals surface area contributed by atoms with E-state index in [4.69, 9.17) is 0 Å². The van der Waals surface area contributed by atoms with E-state index < -0.39 is 23.3 Å². The SMILES string of the molecule is CC1(C)NC(=O)N(CCCC(=O)N2CCN(Cc3ccc(C(F)(F)F)cc3)CC2)C1=O. The third kappa shape index (κ3) is 5.55. The van der Waals surface area contributed by atoms with Gasteiger partial charge in [-0.3, -0.25) is 19.4 Å². The van der Waals surface area contributed by atoms with Gasteiger partial charge in [0.25, 0.3) is 5.91 Å². The predicted molar refractivity (Wildman–Crippen MR) is 107 cm³/mol. The average Bonchev–Trinajstić information content (AvgIpc) is 2.89. The molecule has 0 saturated carbocycles. The Labute approximate surface area is 179 Å². The summed E-state index contributed by atoms with van der Waals surface area (Å²) in [5.41, 5.74) is -0.780. The zero-order valence-electron chi connectivity index (χ0n) is 17.7. The minimum Gasteiger partial charge on any atom is -0.340 e. The fraction of sp³-hybridized carbons (Fsp3) is 0.571. The number of imide groups is 1. The van der Waals surface area contributed by atoms with E-state index in [1.54, 1.807) is 18.7 Å². The van der Waals surface area contributed by atoms with Gasteiger partial charge in [0, 0.05) is 45.7 Å². The molecule has 2 saturated heterocycles. The average molecular weight is 440 g/mol. The fourth-order valence-electron chi connectivity index (χ4n) is 3.78. The molecule has 2 heterocycles. The standard InChI is InChI=1S/C21H27F3N4O3/c1-20(2)18(30)28(19(31)25-20)9-3-4-17(29)27-12-10-26(11-13-27)14-15-5-7-16(8-6-15)21(22,23)24/h5-8H,3-4,9-14H2,1-2H3,(H,25,31). The molecule has 170 valence electrons. The number of alkyl halides is 3. The zero-order chi connectivity index (χ0) is 22.8. The van der Waals surface area contributed by atoms with Gasteiger partial charge >= 0.3 is 12.2 Å². The van der Waals surface area contributed by atoms with Gasteiger partial charge < -0.3 is 10.2 Å². The van der Waals surface area contributed by atoms with Gasteiger partial charge in [-0.1, -0.05) is 12.1 Å². The van der Waals surface area contributed by atoms with Crippen LogP contribution in [0.5, 0.6) is 0 Å². The van der Waals surface area contributed by atoms with Crippen LogP contribution in [0.4, 0.5) is 18.0 Å². The molecule has 0 aromatic heterocycles. The summed E-state index contributed by atoms with van der Waals surface area (Å²) in [4.78, 5) is 41.5. The molecule has 4 amide bonds. The predicted octanol–water partition coefficient (Wildman–Crippen LogP) is 2.46. The number of nitrogens with one attached hydrogen (secondary N) is 1. The molecule has 1 aromatic carbocycles. The van der Waals surface area contributed by atoms with Crippen LogP contribution in [0.1, 0.15) is 37.8 Å². The molecule has 2 fully saturated rings. The summed E-state index contributed by atoms with van der Waals surface area (Å²) in [5, 5.41) is 2.61. The maximum Gasteiger partial charge on any atom is 0.416 e. The van der Waals surface area contributed by atoms with Crippen molar-refractivity contribution in [1.29, 1.82) is 0 Å². The number of rotatable bonds is 6. The second-order valence-corrected chi connectivity index (χ2v) is 8.47. The van der Waals surface area contributed by atoms with Gasteiger partial charge in [0.05, 0.1) is 5.56 Å². The van der Waals surface area contributed by atoms with Gasteiger partial charge in [-0.15, -0.1) is 0 Å². The summed E-state index contributed by atoms with van der Waals surface area (Å²) in [5.74, 6) is -0.317. The minimum atomic E-state index is -4.34. The highest BCUT2D eigenvalue weighted by Crippen LogP contribution is 2.29. The van der Waals surface area contributed by atoms with Crippen molar-refractivity contribution in [3.63, 3.8) is 0 Å². The molecule has 0 spiro atoms.